The number of nitrogens with zero attached hydrogens (tertiary/aromatic N) is 1. The van der Waals surface area contributed by atoms with E-state index in [1.54, 1.807) is 16.8 Å². The average Bonchev–Trinajstić information content (AvgIpc) is 2.56. The van der Waals surface area contributed by atoms with E-state index < -0.39 is 13.5 Å². The minimum absolute atomic E-state index is 0.0601. The molecule has 132 valence electrons. The molecule has 1 heterocycles. The van der Waals surface area contributed by atoms with Crippen LogP contribution >= 0.6 is 0 Å². The van der Waals surface area contributed by atoms with E-state index >= 15 is 0 Å². The van der Waals surface area contributed by atoms with E-state index in [0.29, 0.717) is 5.56 Å². The number of pyridine rings is 1. The summed E-state index contributed by atoms with van der Waals surface area (Å²) in [5, 5.41) is 0. The van der Waals surface area contributed by atoms with Gasteiger partial charge in [-0.3, -0.25) is 14.2 Å². The Morgan fingerprint density at radius 3 is 2.38 bits per heavy atom. The number of aromatic nitrogens is 1. The van der Waals surface area contributed by atoms with Gasteiger partial charge in [-0.05, 0) is 44.2 Å². The largest absolute Gasteiger partial charge is 0.293 e. The Hall–Kier alpha value is -2.64. The summed E-state index contributed by atoms with van der Waals surface area (Å²) in [4.78, 5) is 25.2. The lowest BCUT2D eigenvalue weighted by Crippen LogP contribution is -2.30. The number of rotatable bonds is 1. The predicted molar refractivity (Wildman–Crippen MR) is 109 cm³/mol. The van der Waals surface area contributed by atoms with E-state index in [2.05, 4.69) is 31.1 Å². The van der Waals surface area contributed by atoms with Gasteiger partial charge in [-0.2, -0.15) is 0 Å². The molecule has 1 aromatic heterocycles. The van der Waals surface area contributed by atoms with Gasteiger partial charge in [0.05, 0.1) is 5.70 Å². The van der Waals surface area contributed by atoms with Gasteiger partial charge in [0.2, 0.25) is 0 Å². The van der Waals surface area contributed by atoms with Crippen molar-refractivity contribution in [3.63, 3.8) is 0 Å². The van der Waals surface area contributed by atoms with Crippen LogP contribution in [0.1, 0.15) is 35.3 Å². The summed E-state index contributed by atoms with van der Waals surface area (Å²) in [6, 6.07) is 10.7. The van der Waals surface area contributed by atoms with Crippen LogP contribution in [0.3, 0.4) is 0 Å². The molecule has 2 aromatic rings. The van der Waals surface area contributed by atoms with Gasteiger partial charge in [0.1, 0.15) is 8.07 Å². The maximum Gasteiger partial charge on any atom is 0.255 e. The zero-order chi connectivity index (χ0) is 19.1. The van der Waals surface area contributed by atoms with Gasteiger partial charge in [-0.1, -0.05) is 31.6 Å². The highest BCUT2D eigenvalue weighted by molar-refractivity contribution is 6.83. The molecule has 3 nitrogen and oxygen atoms in total. The molecule has 0 fully saturated rings. The Morgan fingerprint density at radius 2 is 1.73 bits per heavy atom. The van der Waals surface area contributed by atoms with Gasteiger partial charge in [0.15, 0.2) is 5.78 Å². The Bertz CT molecular complexity index is 1040. The highest BCUT2D eigenvalue weighted by atomic mass is 28.3. The van der Waals surface area contributed by atoms with Gasteiger partial charge in [0.25, 0.3) is 5.56 Å². The van der Waals surface area contributed by atoms with Crippen LogP contribution in [0.25, 0.3) is 5.70 Å². The third-order valence-electron chi connectivity index (χ3n) is 4.29. The monoisotopic (exact) mass is 361 g/mol. The first-order valence-electron chi connectivity index (χ1n) is 8.72. The van der Waals surface area contributed by atoms with Crippen LogP contribution in [0.4, 0.5) is 0 Å². The quantitative estimate of drug-likeness (QED) is 0.564. The van der Waals surface area contributed by atoms with Crippen molar-refractivity contribution in [1.82, 2.24) is 4.57 Å². The van der Waals surface area contributed by atoms with Crippen molar-refractivity contribution in [2.45, 2.75) is 33.5 Å². The molecule has 0 saturated heterocycles. The maximum atomic E-state index is 12.9. The molecule has 1 aliphatic carbocycles. The summed E-state index contributed by atoms with van der Waals surface area (Å²) < 4.78 is 1.60. The summed E-state index contributed by atoms with van der Waals surface area (Å²) in [6.45, 7) is 10.3. The second-order valence-electron chi connectivity index (χ2n) is 8.25. The first kappa shape index (κ1) is 18.2. The smallest absolute Gasteiger partial charge is 0.255 e. The Labute approximate surface area is 155 Å². The Morgan fingerprint density at radius 1 is 1.00 bits per heavy atom. The number of hydrogen-bond acceptors (Lipinski definition) is 2. The lowest BCUT2D eigenvalue weighted by atomic mass is 9.76. The number of fused-ring (bicyclic) bond motifs is 1. The molecule has 0 aliphatic heterocycles. The van der Waals surface area contributed by atoms with Gasteiger partial charge in [-0.25, -0.2) is 0 Å². The number of benzene rings is 1. The Balaban J connectivity index is 2.24. The first-order valence-corrected chi connectivity index (χ1v) is 12.2. The van der Waals surface area contributed by atoms with Crippen LogP contribution in [0, 0.1) is 16.9 Å². The molecular weight excluding hydrogens is 338 g/mol. The molecule has 0 atom stereocenters. The minimum atomic E-state index is -1.50. The van der Waals surface area contributed by atoms with E-state index in [0.717, 1.165) is 16.8 Å². The molecular formula is C22H23NO2Si. The third-order valence-corrected chi connectivity index (χ3v) is 5.16. The fourth-order valence-electron chi connectivity index (χ4n) is 2.95. The number of carbonyl (C=O) groups excluding carboxylic acids is 1. The van der Waals surface area contributed by atoms with Crippen molar-refractivity contribution in [3.05, 3.63) is 75.7 Å². The van der Waals surface area contributed by atoms with Gasteiger partial charge < -0.3 is 0 Å². The fourth-order valence-corrected chi connectivity index (χ4v) is 3.47. The summed E-state index contributed by atoms with van der Waals surface area (Å²) in [6.07, 6.45) is 3.62. The molecule has 0 unspecified atom stereocenters. The molecule has 0 N–H and O–H groups in total. The van der Waals surface area contributed by atoms with Gasteiger partial charge in [-0.15, -0.1) is 5.54 Å². The van der Waals surface area contributed by atoms with Crippen LogP contribution in [-0.4, -0.2) is 18.4 Å². The van der Waals surface area contributed by atoms with E-state index in [9.17, 15) is 9.59 Å². The summed E-state index contributed by atoms with van der Waals surface area (Å²) in [7, 11) is -1.50. The van der Waals surface area contributed by atoms with Crippen LogP contribution in [0.15, 0.2) is 53.5 Å². The number of ketones is 1. The van der Waals surface area contributed by atoms with E-state index in [1.807, 2.05) is 44.2 Å². The zero-order valence-corrected chi connectivity index (χ0v) is 16.9. The SMILES string of the molecule is CC1(C)C=C(n2ccccc2=O)c2cc(C#C[Si](C)(C)C)ccc2C1=O. The number of allylic oxidation sites excluding steroid dienone is 1. The molecule has 0 saturated carbocycles. The van der Waals surface area contributed by atoms with E-state index in [-0.39, 0.29) is 11.3 Å². The molecule has 1 aromatic carbocycles. The first-order chi connectivity index (χ1) is 12.1. The van der Waals surface area contributed by atoms with Crippen LogP contribution in [0.5, 0.6) is 0 Å². The lowest BCUT2D eigenvalue weighted by Gasteiger charge is -2.29. The molecule has 0 radical (unpaired) electrons. The Kier molecular flexibility index (Phi) is 4.37. The molecule has 26 heavy (non-hydrogen) atoms. The maximum absolute atomic E-state index is 12.9. The standard InChI is InChI=1S/C22H23NO2Si/c1-22(2)15-19(23-12-7-6-8-20(23)24)18-14-16(11-13-26(3,4)5)9-10-17(18)21(22)25/h6-10,12,14-15H,1-5H3. The van der Waals surface area contributed by atoms with Crippen molar-refractivity contribution in [2.75, 3.05) is 0 Å². The van der Waals surface area contributed by atoms with Crippen LogP contribution in [0.2, 0.25) is 19.6 Å². The van der Waals surface area contributed by atoms with Crippen molar-refractivity contribution >= 4 is 19.6 Å². The normalized spacial score (nSPS) is 15.6. The van der Waals surface area contributed by atoms with Crippen molar-refractivity contribution < 1.29 is 4.79 Å². The average molecular weight is 362 g/mol. The van der Waals surface area contributed by atoms with Gasteiger partial charge in [0, 0.05) is 34.4 Å². The van der Waals surface area contributed by atoms with E-state index in [4.69, 9.17) is 0 Å². The number of carbonyl (C=O) groups is 1. The predicted octanol–water partition coefficient (Wildman–Crippen LogP) is 4.19. The molecule has 0 amide bonds. The highest BCUT2D eigenvalue weighted by Gasteiger charge is 2.34. The second-order valence-corrected chi connectivity index (χ2v) is 13.0. The zero-order valence-electron chi connectivity index (χ0n) is 15.9. The van der Waals surface area contributed by atoms with Crippen LogP contribution in [-0.2, 0) is 0 Å². The van der Waals surface area contributed by atoms with Crippen LogP contribution < -0.4 is 5.56 Å². The minimum Gasteiger partial charge on any atom is -0.293 e. The number of Topliss-reactive ketones (excluding diaryl/α,β-unsaturated/α-hetero) is 1. The van der Waals surface area contributed by atoms with Crippen molar-refractivity contribution in [1.29, 1.82) is 0 Å². The summed E-state index contributed by atoms with van der Waals surface area (Å²) in [5.41, 5.74) is 5.59. The third kappa shape index (κ3) is 3.49. The topological polar surface area (TPSA) is 39.1 Å². The molecule has 4 heteroatoms. The van der Waals surface area contributed by atoms with Crippen molar-refractivity contribution in [3.8, 4) is 11.5 Å². The number of hydrogen-bond donors (Lipinski definition) is 0. The molecule has 0 spiro atoms. The highest BCUT2D eigenvalue weighted by Crippen LogP contribution is 2.37. The molecule has 0 bridgehead atoms. The molecule has 1 aliphatic rings. The van der Waals surface area contributed by atoms with E-state index in [1.165, 1.54) is 6.07 Å². The van der Waals surface area contributed by atoms with Gasteiger partial charge >= 0.3 is 0 Å². The summed E-state index contributed by atoms with van der Waals surface area (Å²) >= 11 is 0. The lowest BCUT2D eigenvalue weighted by molar-refractivity contribution is 0.0882. The fraction of sp³-hybridized carbons (Fsp3) is 0.273. The summed E-state index contributed by atoms with van der Waals surface area (Å²) in [5.74, 6) is 3.30. The molecule has 3 rings (SSSR count). The second kappa shape index (κ2) is 6.26. The van der Waals surface area contributed by atoms with Crippen molar-refractivity contribution in [2.24, 2.45) is 5.41 Å².